The van der Waals surface area contributed by atoms with Crippen LogP contribution in [0.4, 0.5) is 11.6 Å². The first-order valence-electron chi connectivity index (χ1n) is 6.73. The highest BCUT2D eigenvalue weighted by molar-refractivity contribution is 5.67. The number of aliphatic hydroxyl groups excluding tert-OH is 1. The molecule has 20 heavy (non-hydrogen) atoms. The summed E-state index contributed by atoms with van der Waals surface area (Å²) in [6.07, 6.45) is 5.73. The van der Waals surface area contributed by atoms with Gasteiger partial charge in [-0.3, -0.25) is 0 Å². The van der Waals surface area contributed by atoms with Gasteiger partial charge in [0, 0.05) is 31.5 Å². The zero-order valence-corrected chi connectivity index (χ0v) is 11.8. The van der Waals surface area contributed by atoms with Gasteiger partial charge in [-0.05, 0) is 20.5 Å². The third kappa shape index (κ3) is 2.30. The average Bonchev–Trinajstić information content (AvgIpc) is 2.94. The number of anilines is 2. The Morgan fingerprint density at radius 1 is 1.50 bits per heavy atom. The van der Waals surface area contributed by atoms with E-state index < -0.39 is 0 Å². The molecule has 1 aliphatic rings. The quantitative estimate of drug-likeness (QED) is 0.809. The molecule has 3 rings (SSSR count). The number of β-amino-alcohol motifs (C(OH)–C–C–N with tert-alkyl or cyclic N) is 1. The summed E-state index contributed by atoms with van der Waals surface area (Å²) in [5, 5.41) is 9.99. The SMILES string of the molecule is CN(C)CC1CC(O)CN1c1nc(N)cn2ccnc12. The fraction of sp³-hybridized carbons (Fsp3) is 0.538. The second-order valence-electron chi connectivity index (χ2n) is 5.61. The van der Waals surface area contributed by atoms with Gasteiger partial charge in [0.15, 0.2) is 11.5 Å². The number of likely N-dealkylation sites (N-methyl/N-ethyl adjacent to an activating group) is 1. The monoisotopic (exact) mass is 276 g/mol. The summed E-state index contributed by atoms with van der Waals surface area (Å²) in [6.45, 7) is 1.43. The molecule has 0 saturated carbocycles. The largest absolute Gasteiger partial charge is 0.391 e. The average molecular weight is 276 g/mol. The molecule has 0 aromatic carbocycles. The summed E-state index contributed by atoms with van der Waals surface area (Å²) in [6, 6.07) is 0.217. The number of hydrogen-bond acceptors (Lipinski definition) is 6. The molecule has 0 amide bonds. The van der Waals surface area contributed by atoms with Gasteiger partial charge < -0.3 is 25.0 Å². The molecule has 0 spiro atoms. The Morgan fingerprint density at radius 2 is 2.30 bits per heavy atom. The molecule has 2 unspecified atom stereocenters. The standard InChI is InChI=1S/C13H20N6O/c1-17(2)6-9-5-10(20)7-19(9)13-12-15-3-4-18(12)8-11(14)16-13/h3-4,8-10,20H,5-7,14H2,1-2H3. The molecule has 3 N–H and O–H groups in total. The van der Waals surface area contributed by atoms with E-state index in [9.17, 15) is 5.11 Å². The Hall–Kier alpha value is -1.86. The van der Waals surface area contributed by atoms with Crippen LogP contribution in [0.2, 0.25) is 0 Å². The number of aliphatic hydroxyl groups is 1. The normalized spacial score (nSPS) is 23.1. The first-order valence-corrected chi connectivity index (χ1v) is 6.73. The molecular weight excluding hydrogens is 256 g/mol. The molecule has 0 aliphatic carbocycles. The molecular formula is C13H20N6O. The minimum absolute atomic E-state index is 0.217. The Labute approximate surface area is 117 Å². The van der Waals surface area contributed by atoms with Gasteiger partial charge >= 0.3 is 0 Å². The van der Waals surface area contributed by atoms with E-state index in [1.54, 1.807) is 12.4 Å². The van der Waals surface area contributed by atoms with Crippen LogP contribution < -0.4 is 10.6 Å². The minimum Gasteiger partial charge on any atom is -0.391 e. The van der Waals surface area contributed by atoms with Crippen LogP contribution in [0.3, 0.4) is 0 Å². The van der Waals surface area contributed by atoms with E-state index in [1.165, 1.54) is 0 Å². The molecule has 1 aliphatic heterocycles. The highest BCUT2D eigenvalue weighted by Crippen LogP contribution is 2.28. The fourth-order valence-electron chi connectivity index (χ4n) is 2.87. The van der Waals surface area contributed by atoms with Crippen molar-refractivity contribution in [2.75, 3.05) is 37.8 Å². The van der Waals surface area contributed by atoms with Gasteiger partial charge in [-0.15, -0.1) is 0 Å². The first-order chi connectivity index (χ1) is 9.54. The number of nitrogens with zero attached hydrogens (tertiary/aromatic N) is 5. The Balaban J connectivity index is 2.02. The summed E-state index contributed by atoms with van der Waals surface area (Å²) < 4.78 is 1.87. The molecule has 2 atom stereocenters. The lowest BCUT2D eigenvalue weighted by atomic mass is 10.2. The summed E-state index contributed by atoms with van der Waals surface area (Å²) in [7, 11) is 4.06. The van der Waals surface area contributed by atoms with Crippen molar-refractivity contribution in [2.45, 2.75) is 18.6 Å². The Morgan fingerprint density at radius 3 is 3.05 bits per heavy atom. The minimum atomic E-state index is -0.335. The van der Waals surface area contributed by atoms with E-state index in [-0.39, 0.29) is 12.1 Å². The third-order valence-electron chi connectivity index (χ3n) is 3.62. The summed E-state index contributed by atoms with van der Waals surface area (Å²) in [5.74, 6) is 1.20. The van der Waals surface area contributed by atoms with Crippen molar-refractivity contribution in [3.8, 4) is 0 Å². The van der Waals surface area contributed by atoms with E-state index >= 15 is 0 Å². The maximum absolute atomic E-state index is 9.99. The molecule has 108 valence electrons. The Bertz CT molecular complexity index is 610. The maximum atomic E-state index is 9.99. The molecule has 3 heterocycles. The van der Waals surface area contributed by atoms with E-state index in [2.05, 4.69) is 19.8 Å². The number of rotatable bonds is 3. The highest BCUT2D eigenvalue weighted by atomic mass is 16.3. The lowest BCUT2D eigenvalue weighted by Gasteiger charge is -2.28. The summed E-state index contributed by atoms with van der Waals surface area (Å²) >= 11 is 0. The van der Waals surface area contributed by atoms with Gasteiger partial charge in [0.2, 0.25) is 0 Å². The van der Waals surface area contributed by atoms with Crippen LogP contribution >= 0.6 is 0 Å². The van der Waals surface area contributed by atoms with Crippen molar-refractivity contribution in [3.05, 3.63) is 18.6 Å². The van der Waals surface area contributed by atoms with Crippen LogP contribution in [0.5, 0.6) is 0 Å². The van der Waals surface area contributed by atoms with Crippen LogP contribution in [0.15, 0.2) is 18.6 Å². The topological polar surface area (TPSA) is 82.9 Å². The van der Waals surface area contributed by atoms with Gasteiger partial charge in [0.25, 0.3) is 0 Å². The van der Waals surface area contributed by atoms with Gasteiger partial charge in [-0.1, -0.05) is 0 Å². The predicted molar refractivity (Wildman–Crippen MR) is 77.7 cm³/mol. The summed E-state index contributed by atoms with van der Waals surface area (Å²) in [4.78, 5) is 13.0. The van der Waals surface area contributed by atoms with E-state index in [1.807, 2.05) is 24.7 Å². The maximum Gasteiger partial charge on any atom is 0.180 e. The van der Waals surface area contributed by atoms with Gasteiger partial charge in [0.1, 0.15) is 5.82 Å². The van der Waals surface area contributed by atoms with Crippen LogP contribution in [0.1, 0.15) is 6.42 Å². The number of fused-ring (bicyclic) bond motifs is 1. The third-order valence-corrected chi connectivity index (χ3v) is 3.62. The van der Waals surface area contributed by atoms with Crippen LogP contribution in [-0.2, 0) is 0 Å². The van der Waals surface area contributed by atoms with Gasteiger partial charge in [-0.25, -0.2) is 9.97 Å². The van der Waals surface area contributed by atoms with Crippen molar-refractivity contribution < 1.29 is 5.11 Å². The molecule has 2 aromatic heterocycles. The molecule has 0 bridgehead atoms. The first kappa shape index (κ1) is 13.1. The number of nitrogen functional groups attached to an aromatic ring is 1. The second-order valence-corrected chi connectivity index (χ2v) is 5.61. The van der Waals surface area contributed by atoms with Crippen LogP contribution in [-0.4, -0.2) is 63.7 Å². The molecule has 1 fully saturated rings. The van der Waals surface area contributed by atoms with Crippen molar-refractivity contribution in [2.24, 2.45) is 0 Å². The van der Waals surface area contributed by atoms with Crippen molar-refractivity contribution >= 4 is 17.3 Å². The van der Waals surface area contributed by atoms with E-state index in [4.69, 9.17) is 5.73 Å². The predicted octanol–water partition coefficient (Wildman–Crippen LogP) is -0.187. The summed E-state index contributed by atoms with van der Waals surface area (Å²) in [5.41, 5.74) is 6.65. The van der Waals surface area contributed by atoms with Crippen LogP contribution in [0.25, 0.3) is 5.65 Å². The molecule has 0 radical (unpaired) electrons. The number of hydrogen-bond donors (Lipinski definition) is 2. The van der Waals surface area contributed by atoms with Crippen molar-refractivity contribution in [1.82, 2.24) is 19.3 Å². The number of aromatic nitrogens is 3. The zero-order chi connectivity index (χ0) is 14.3. The van der Waals surface area contributed by atoms with E-state index in [0.717, 1.165) is 24.4 Å². The fourth-order valence-corrected chi connectivity index (χ4v) is 2.87. The smallest absolute Gasteiger partial charge is 0.180 e. The molecule has 7 nitrogen and oxygen atoms in total. The molecule has 7 heteroatoms. The second kappa shape index (κ2) is 4.92. The van der Waals surface area contributed by atoms with Crippen molar-refractivity contribution in [1.29, 1.82) is 0 Å². The van der Waals surface area contributed by atoms with Crippen molar-refractivity contribution in [3.63, 3.8) is 0 Å². The lowest BCUT2D eigenvalue weighted by Crippen LogP contribution is -2.38. The highest BCUT2D eigenvalue weighted by Gasteiger charge is 2.33. The van der Waals surface area contributed by atoms with E-state index in [0.29, 0.717) is 12.4 Å². The van der Waals surface area contributed by atoms with Crippen LogP contribution in [0, 0.1) is 0 Å². The molecule has 1 saturated heterocycles. The number of imidazole rings is 1. The lowest BCUT2D eigenvalue weighted by molar-refractivity contribution is 0.191. The molecule has 2 aromatic rings. The number of nitrogens with two attached hydrogens (primary N) is 1. The zero-order valence-electron chi connectivity index (χ0n) is 11.8. The van der Waals surface area contributed by atoms with Gasteiger partial charge in [-0.2, -0.15) is 0 Å². The van der Waals surface area contributed by atoms with Gasteiger partial charge in [0.05, 0.1) is 12.3 Å². The Kier molecular flexibility index (Phi) is 3.23.